The Kier molecular flexibility index (Phi) is 4.15. The fourth-order valence-corrected chi connectivity index (χ4v) is 2.49. The van der Waals surface area contributed by atoms with Gasteiger partial charge in [-0.2, -0.15) is 5.10 Å². The lowest BCUT2D eigenvalue weighted by Gasteiger charge is -2.36. The Labute approximate surface area is 129 Å². The first-order valence-corrected chi connectivity index (χ1v) is 7.22. The summed E-state index contributed by atoms with van der Waals surface area (Å²) in [6, 6.07) is 1.60. The van der Waals surface area contributed by atoms with Crippen LogP contribution < -0.4 is 5.32 Å². The van der Waals surface area contributed by atoms with E-state index in [0.29, 0.717) is 12.1 Å². The summed E-state index contributed by atoms with van der Waals surface area (Å²) < 4.78 is 6.75. The molecule has 1 fully saturated rings. The van der Waals surface area contributed by atoms with Gasteiger partial charge >= 0.3 is 6.09 Å². The molecule has 2 atom stereocenters. The lowest BCUT2D eigenvalue weighted by atomic mass is 9.91. The summed E-state index contributed by atoms with van der Waals surface area (Å²) in [5, 5.41) is 17.2. The van der Waals surface area contributed by atoms with E-state index in [1.807, 2.05) is 6.92 Å². The first-order chi connectivity index (χ1) is 10.2. The number of carbonyl (C=O) groups is 2. The molecule has 1 aromatic rings. The van der Waals surface area contributed by atoms with Crippen LogP contribution in [0.1, 0.15) is 37.7 Å². The van der Waals surface area contributed by atoms with Crippen molar-refractivity contribution in [3.8, 4) is 0 Å². The Bertz CT molecular complexity index is 583. The summed E-state index contributed by atoms with van der Waals surface area (Å²) in [5.41, 5.74) is -1.96. The molecule has 2 N–H and O–H groups in total. The minimum absolute atomic E-state index is 0.158. The third kappa shape index (κ3) is 2.54. The van der Waals surface area contributed by atoms with E-state index in [0.717, 1.165) is 0 Å². The average Bonchev–Trinajstić information content (AvgIpc) is 2.94. The zero-order valence-corrected chi connectivity index (χ0v) is 13.3. The fourth-order valence-electron chi connectivity index (χ4n) is 2.49. The second-order valence-corrected chi connectivity index (χ2v) is 5.72. The van der Waals surface area contributed by atoms with E-state index in [4.69, 9.17) is 4.74 Å². The Balaban J connectivity index is 1.96. The highest BCUT2D eigenvalue weighted by Gasteiger charge is 2.58. The predicted octanol–water partition coefficient (Wildman–Crippen LogP) is 0.479. The number of rotatable bonds is 5. The molecule has 2 rings (SSSR count). The maximum absolute atomic E-state index is 12.0. The van der Waals surface area contributed by atoms with Crippen molar-refractivity contribution in [2.75, 3.05) is 13.1 Å². The van der Waals surface area contributed by atoms with Gasteiger partial charge < -0.3 is 15.2 Å². The monoisotopic (exact) mass is 310 g/mol. The molecule has 2 amide bonds. The zero-order valence-electron chi connectivity index (χ0n) is 13.3. The predicted molar refractivity (Wildman–Crippen MR) is 78.0 cm³/mol. The Morgan fingerprint density at radius 2 is 2.18 bits per heavy atom. The Morgan fingerprint density at radius 3 is 2.68 bits per heavy atom. The van der Waals surface area contributed by atoms with Gasteiger partial charge in [0.05, 0.1) is 0 Å². The van der Waals surface area contributed by atoms with Crippen LogP contribution in [0.25, 0.3) is 0 Å². The molecule has 2 heterocycles. The molecule has 22 heavy (non-hydrogen) atoms. The van der Waals surface area contributed by atoms with Crippen molar-refractivity contribution in [2.24, 2.45) is 7.05 Å². The summed E-state index contributed by atoms with van der Waals surface area (Å²) in [6.45, 7) is 5.44. The molecule has 8 nitrogen and oxygen atoms in total. The standard InChI is InChI=1S/C14H22N4O4/c1-5-13(2)14(3,21)18(12(20)22-13)9-8-15-11(19)10-6-7-16-17(10)4/h6-7,21H,5,8-9H2,1-4H3,(H,15,19). The molecular weight excluding hydrogens is 288 g/mol. The van der Waals surface area contributed by atoms with Crippen LogP contribution in [0.5, 0.6) is 0 Å². The number of ether oxygens (including phenoxy) is 1. The summed E-state index contributed by atoms with van der Waals surface area (Å²) in [4.78, 5) is 25.1. The normalized spacial score (nSPS) is 27.9. The molecule has 1 saturated heterocycles. The van der Waals surface area contributed by atoms with E-state index in [9.17, 15) is 14.7 Å². The molecule has 0 aliphatic carbocycles. The molecule has 8 heteroatoms. The quantitative estimate of drug-likeness (QED) is 0.824. The van der Waals surface area contributed by atoms with Crippen molar-refractivity contribution in [3.63, 3.8) is 0 Å². The van der Waals surface area contributed by atoms with Crippen LogP contribution in [0.2, 0.25) is 0 Å². The fraction of sp³-hybridized carbons (Fsp3) is 0.643. The molecule has 2 unspecified atom stereocenters. The van der Waals surface area contributed by atoms with Crippen molar-refractivity contribution in [1.29, 1.82) is 0 Å². The van der Waals surface area contributed by atoms with Gasteiger partial charge in [0.2, 0.25) is 0 Å². The number of hydrogen-bond acceptors (Lipinski definition) is 5. The topological polar surface area (TPSA) is 96.7 Å². The Morgan fingerprint density at radius 1 is 1.50 bits per heavy atom. The largest absolute Gasteiger partial charge is 0.438 e. The maximum Gasteiger partial charge on any atom is 0.412 e. The van der Waals surface area contributed by atoms with Crippen LogP contribution in [-0.4, -0.2) is 56.2 Å². The van der Waals surface area contributed by atoms with Gasteiger partial charge in [-0.05, 0) is 26.3 Å². The second-order valence-electron chi connectivity index (χ2n) is 5.72. The summed E-state index contributed by atoms with van der Waals surface area (Å²) in [5.74, 6) is -0.287. The summed E-state index contributed by atoms with van der Waals surface area (Å²) in [7, 11) is 1.67. The lowest BCUT2D eigenvalue weighted by molar-refractivity contribution is -0.136. The van der Waals surface area contributed by atoms with Gasteiger partial charge in [0.15, 0.2) is 11.3 Å². The van der Waals surface area contributed by atoms with Crippen molar-refractivity contribution in [2.45, 2.75) is 38.5 Å². The highest BCUT2D eigenvalue weighted by atomic mass is 16.6. The second kappa shape index (κ2) is 5.60. The van der Waals surface area contributed by atoms with Gasteiger partial charge in [-0.3, -0.25) is 14.4 Å². The third-order valence-corrected chi connectivity index (χ3v) is 4.41. The molecule has 0 radical (unpaired) electrons. The molecule has 1 aliphatic rings. The van der Waals surface area contributed by atoms with Gasteiger partial charge in [-0.25, -0.2) is 4.79 Å². The average molecular weight is 310 g/mol. The van der Waals surface area contributed by atoms with E-state index in [-0.39, 0.29) is 19.0 Å². The van der Waals surface area contributed by atoms with Crippen molar-refractivity contribution < 1.29 is 19.4 Å². The maximum atomic E-state index is 12.0. The lowest BCUT2D eigenvalue weighted by Crippen LogP contribution is -2.56. The SMILES string of the molecule is CCC1(C)OC(=O)N(CCNC(=O)c2ccnn2C)C1(C)O. The molecular formula is C14H22N4O4. The van der Waals surface area contributed by atoms with E-state index in [1.54, 1.807) is 27.0 Å². The van der Waals surface area contributed by atoms with Crippen molar-refractivity contribution >= 4 is 12.0 Å². The van der Waals surface area contributed by atoms with Crippen molar-refractivity contribution in [1.82, 2.24) is 20.0 Å². The number of cyclic esters (lactones) is 1. The molecule has 0 bridgehead atoms. The highest BCUT2D eigenvalue weighted by molar-refractivity contribution is 5.92. The minimum Gasteiger partial charge on any atom is -0.438 e. The van der Waals surface area contributed by atoms with Gasteiger partial charge in [0.25, 0.3) is 5.91 Å². The van der Waals surface area contributed by atoms with Crippen LogP contribution >= 0.6 is 0 Å². The van der Waals surface area contributed by atoms with Gasteiger partial charge in [0, 0.05) is 26.3 Å². The van der Waals surface area contributed by atoms with E-state index < -0.39 is 17.4 Å². The van der Waals surface area contributed by atoms with Crippen LogP contribution in [-0.2, 0) is 11.8 Å². The highest BCUT2D eigenvalue weighted by Crippen LogP contribution is 2.39. The van der Waals surface area contributed by atoms with Gasteiger partial charge in [-0.1, -0.05) is 6.92 Å². The number of aromatic nitrogens is 2. The molecule has 122 valence electrons. The van der Waals surface area contributed by atoms with Crippen LogP contribution in [0, 0.1) is 0 Å². The van der Waals surface area contributed by atoms with Gasteiger partial charge in [0.1, 0.15) is 5.69 Å². The smallest absolute Gasteiger partial charge is 0.412 e. The molecule has 1 aliphatic heterocycles. The van der Waals surface area contributed by atoms with E-state index in [2.05, 4.69) is 10.4 Å². The van der Waals surface area contributed by atoms with Crippen LogP contribution in [0.15, 0.2) is 12.3 Å². The summed E-state index contributed by atoms with van der Waals surface area (Å²) >= 11 is 0. The number of aryl methyl sites for hydroxylation is 1. The first-order valence-electron chi connectivity index (χ1n) is 7.22. The molecule has 0 aromatic carbocycles. The number of aliphatic hydroxyl groups is 1. The van der Waals surface area contributed by atoms with E-state index >= 15 is 0 Å². The molecule has 1 aromatic heterocycles. The van der Waals surface area contributed by atoms with Crippen LogP contribution in [0.4, 0.5) is 4.79 Å². The minimum atomic E-state index is -1.42. The van der Waals surface area contributed by atoms with E-state index in [1.165, 1.54) is 15.8 Å². The first kappa shape index (κ1) is 16.3. The number of amides is 2. The third-order valence-electron chi connectivity index (χ3n) is 4.41. The number of nitrogens with zero attached hydrogens (tertiary/aromatic N) is 3. The van der Waals surface area contributed by atoms with Crippen molar-refractivity contribution in [3.05, 3.63) is 18.0 Å². The molecule has 0 saturated carbocycles. The number of carbonyl (C=O) groups excluding carboxylic acids is 2. The number of hydrogen-bond donors (Lipinski definition) is 2. The summed E-state index contributed by atoms with van der Waals surface area (Å²) in [6.07, 6.45) is 1.44. The van der Waals surface area contributed by atoms with Crippen LogP contribution in [0.3, 0.4) is 0 Å². The van der Waals surface area contributed by atoms with Gasteiger partial charge in [-0.15, -0.1) is 0 Å². The zero-order chi connectivity index (χ0) is 16.5. The number of nitrogens with one attached hydrogen (secondary N) is 1. The molecule has 0 spiro atoms. The Hall–Kier alpha value is -2.09.